The van der Waals surface area contributed by atoms with Crippen molar-refractivity contribution in [3.8, 4) is 0 Å². The molecule has 0 amide bonds. The van der Waals surface area contributed by atoms with Crippen molar-refractivity contribution < 1.29 is 13.2 Å². The number of rotatable bonds is 1. The zero-order chi connectivity index (χ0) is 13.5. The smallest absolute Gasteiger partial charge is 0.384 e. The molecule has 6 heteroatoms. The number of nitrogens with zero attached hydrogens (tertiary/aromatic N) is 1. The Hall–Kier alpha value is -2.11. The van der Waals surface area contributed by atoms with Gasteiger partial charge in [-0.05, 0) is 31.2 Å². The van der Waals surface area contributed by atoms with Crippen molar-refractivity contribution in [2.45, 2.75) is 13.1 Å². The Bertz CT molecular complexity index is 632. The zero-order valence-electron chi connectivity index (χ0n) is 9.47. The molecule has 0 spiro atoms. The van der Waals surface area contributed by atoms with Crippen LogP contribution in [0, 0.1) is 12.3 Å². The molecule has 0 aliphatic rings. The SMILES string of the molecule is Cc1cc(C(=N)N)c2cc(C(F)(F)F)ccc2n1. The lowest BCUT2D eigenvalue weighted by Gasteiger charge is -2.10. The van der Waals surface area contributed by atoms with E-state index in [4.69, 9.17) is 11.1 Å². The summed E-state index contributed by atoms with van der Waals surface area (Å²) in [7, 11) is 0. The van der Waals surface area contributed by atoms with Crippen LogP contribution in [-0.2, 0) is 6.18 Å². The number of pyridine rings is 1. The molecule has 0 unspecified atom stereocenters. The minimum Gasteiger partial charge on any atom is -0.384 e. The van der Waals surface area contributed by atoms with Gasteiger partial charge in [-0.1, -0.05) is 0 Å². The van der Waals surface area contributed by atoms with Gasteiger partial charge in [0.25, 0.3) is 0 Å². The summed E-state index contributed by atoms with van der Waals surface area (Å²) < 4.78 is 37.9. The molecule has 0 saturated heterocycles. The lowest BCUT2D eigenvalue weighted by atomic mass is 10.0. The number of benzene rings is 1. The van der Waals surface area contributed by atoms with Gasteiger partial charge in [-0.25, -0.2) is 0 Å². The third kappa shape index (κ3) is 2.13. The van der Waals surface area contributed by atoms with E-state index < -0.39 is 11.7 Å². The Labute approximate surface area is 101 Å². The number of nitrogen functional groups attached to an aromatic ring is 1. The second kappa shape index (κ2) is 3.97. The first-order valence-electron chi connectivity index (χ1n) is 5.12. The fourth-order valence-corrected chi connectivity index (χ4v) is 1.76. The van der Waals surface area contributed by atoms with Gasteiger partial charge in [-0.15, -0.1) is 0 Å². The molecule has 0 aliphatic carbocycles. The number of nitrogens with two attached hydrogens (primary N) is 1. The first-order chi connectivity index (χ1) is 8.29. The lowest BCUT2D eigenvalue weighted by Crippen LogP contribution is -2.13. The molecule has 18 heavy (non-hydrogen) atoms. The van der Waals surface area contributed by atoms with Crippen LogP contribution < -0.4 is 5.73 Å². The van der Waals surface area contributed by atoms with Gasteiger partial charge >= 0.3 is 6.18 Å². The quantitative estimate of drug-likeness (QED) is 0.606. The normalized spacial score (nSPS) is 11.8. The molecular formula is C12H10F3N3. The number of aromatic nitrogens is 1. The van der Waals surface area contributed by atoms with Crippen molar-refractivity contribution in [1.82, 2.24) is 4.98 Å². The minimum atomic E-state index is -4.42. The predicted octanol–water partition coefficient (Wildman–Crippen LogP) is 2.85. The molecule has 0 atom stereocenters. The van der Waals surface area contributed by atoms with Crippen molar-refractivity contribution in [2.75, 3.05) is 0 Å². The predicted molar refractivity (Wildman–Crippen MR) is 62.5 cm³/mol. The molecule has 0 aliphatic heterocycles. The monoisotopic (exact) mass is 253 g/mol. The van der Waals surface area contributed by atoms with Gasteiger partial charge in [0.05, 0.1) is 11.1 Å². The van der Waals surface area contributed by atoms with Crippen LogP contribution in [0.1, 0.15) is 16.8 Å². The summed E-state index contributed by atoms with van der Waals surface area (Å²) in [6.07, 6.45) is -4.42. The largest absolute Gasteiger partial charge is 0.416 e. The molecule has 1 heterocycles. The van der Waals surface area contributed by atoms with Crippen LogP contribution in [0.5, 0.6) is 0 Å². The van der Waals surface area contributed by atoms with Gasteiger partial charge in [-0.2, -0.15) is 13.2 Å². The number of fused-ring (bicyclic) bond motifs is 1. The number of nitrogens with one attached hydrogen (secondary N) is 1. The first-order valence-corrected chi connectivity index (χ1v) is 5.12. The Morgan fingerprint density at radius 3 is 2.50 bits per heavy atom. The molecular weight excluding hydrogens is 243 g/mol. The van der Waals surface area contributed by atoms with E-state index in [9.17, 15) is 13.2 Å². The van der Waals surface area contributed by atoms with Gasteiger partial charge in [0.2, 0.25) is 0 Å². The fourth-order valence-electron chi connectivity index (χ4n) is 1.76. The zero-order valence-corrected chi connectivity index (χ0v) is 9.47. The minimum absolute atomic E-state index is 0.239. The van der Waals surface area contributed by atoms with Crippen LogP contribution in [0.2, 0.25) is 0 Å². The molecule has 0 bridgehead atoms. The highest BCUT2D eigenvalue weighted by molar-refractivity contribution is 6.06. The van der Waals surface area contributed by atoms with Gasteiger partial charge in [-0.3, -0.25) is 10.4 Å². The number of amidine groups is 1. The van der Waals surface area contributed by atoms with Gasteiger partial charge < -0.3 is 5.73 Å². The van der Waals surface area contributed by atoms with E-state index in [1.165, 1.54) is 12.1 Å². The van der Waals surface area contributed by atoms with Crippen LogP contribution in [0.4, 0.5) is 13.2 Å². The average Bonchev–Trinajstić information content (AvgIpc) is 2.25. The van der Waals surface area contributed by atoms with E-state index in [0.717, 1.165) is 12.1 Å². The summed E-state index contributed by atoms with van der Waals surface area (Å²) >= 11 is 0. The molecule has 0 fully saturated rings. The molecule has 3 N–H and O–H groups in total. The summed E-state index contributed by atoms with van der Waals surface area (Å²) in [4.78, 5) is 4.12. The molecule has 1 aromatic heterocycles. The van der Waals surface area contributed by atoms with Crippen LogP contribution >= 0.6 is 0 Å². The van der Waals surface area contributed by atoms with Crippen LogP contribution in [-0.4, -0.2) is 10.8 Å². The summed E-state index contributed by atoms with van der Waals surface area (Å²) in [5.41, 5.74) is 5.88. The van der Waals surface area contributed by atoms with Crippen LogP contribution in [0.15, 0.2) is 24.3 Å². The molecule has 2 rings (SSSR count). The van der Waals surface area contributed by atoms with Crippen LogP contribution in [0.3, 0.4) is 0 Å². The van der Waals surface area contributed by atoms with Gasteiger partial charge in [0.15, 0.2) is 0 Å². The third-order valence-corrected chi connectivity index (χ3v) is 2.55. The van der Waals surface area contributed by atoms with E-state index >= 15 is 0 Å². The summed E-state index contributed by atoms with van der Waals surface area (Å²) in [5.74, 6) is -0.273. The highest BCUT2D eigenvalue weighted by atomic mass is 19.4. The molecule has 3 nitrogen and oxygen atoms in total. The topological polar surface area (TPSA) is 62.8 Å². The third-order valence-electron chi connectivity index (χ3n) is 2.55. The number of alkyl halides is 3. The highest BCUT2D eigenvalue weighted by Gasteiger charge is 2.30. The van der Waals surface area contributed by atoms with E-state index in [1.54, 1.807) is 6.92 Å². The van der Waals surface area contributed by atoms with E-state index in [-0.39, 0.29) is 16.8 Å². The maximum atomic E-state index is 12.6. The summed E-state index contributed by atoms with van der Waals surface area (Å²) in [5, 5.41) is 7.65. The average molecular weight is 253 g/mol. The second-order valence-corrected chi connectivity index (χ2v) is 3.95. The molecule has 2 aromatic rings. The number of aryl methyl sites for hydroxylation is 1. The maximum Gasteiger partial charge on any atom is 0.416 e. The Morgan fingerprint density at radius 1 is 1.28 bits per heavy atom. The van der Waals surface area contributed by atoms with Crippen molar-refractivity contribution in [3.05, 3.63) is 41.1 Å². The summed E-state index contributed by atoms with van der Waals surface area (Å²) in [6.45, 7) is 1.70. The van der Waals surface area contributed by atoms with E-state index in [2.05, 4.69) is 4.98 Å². The van der Waals surface area contributed by atoms with Crippen molar-refractivity contribution >= 4 is 16.7 Å². The highest BCUT2D eigenvalue weighted by Crippen LogP contribution is 2.32. The van der Waals surface area contributed by atoms with E-state index in [1.807, 2.05) is 0 Å². The van der Waals surface area contributed by atoms with E-state index in [0.29, 0.717) is 11.2 Å². The lowest BCUT2D eigenvalue weighted by molar-refractivity contribution is -0.137. The molecule has 0 saturated carbocycles. The number of hydrogen-bond acceptors (Lipinski definition) is 2. The maximum absolute atomic E-state index is 12.6. The first kappa shape index (κ1) is 12.3. The molecule has 1 aromatic carbocycles. The standard InChI is InChI=1S/C12H10F3N3/c1-6-4-9(11(16)17)8-5-7(12(13,14)15)2-3-10(8)18-6/h2-5H,1H3,(H3,16,17). The number of halogens is 3. The van der Waals surface area contributed by atoms with Gasteiger partial charge in [0, 0.05) is 16.6 Å². The molecule has 0 radical (unpaired) electrons. The van der Waals surface area contributed by atoms with Crippen LogP contribution in [0.25, 0.3) is 10.9 Å². The fraction of sp³-hybridized carbons (Fsp3) is 0.167. The van der Waals surface area contributed by atoms with Crippen molar-refractivity contribution in [2.24, 2.45) is 5.73 Å². The second-order valence-electron chi connectivity index (χ2n) is 3.95. The Kier molecular flexibility index (Phi) is 2.73. The molecule has 94 valence electrons. The van der Waals surface area contributed by atoms with Crippen molar-refractivity contribution in [3.63, 3.8) is 0 Å². The Balaban J connectivity index is 2.79. The van der Waals surface area contributed by atoms with Gasteiger partial charge in [0.1, 0.15) is 5.84 Å². The number of hydrogen-bond donors (Lipinski definition) is 2. The van der Waals surface area contributed by atoms with Crippen molar-refractivity contribution in [1.29, 1.82) is 5.41 Å². The Morgan fingerprint density at radius 2 is 1.94 bits per heavy atom. The summed E-state index contributed by atoms with van der Waals surface area (Å²) in [6, 6.07) is 4.74.